The van der Waals surface area contributed by atoms with E-state index in [4.69, 9.17) is 0 Å². The Kier molecular flexibility index (Phi) is 4.70. The zero-order chi connectivity index (χ0) is 14.7. The Morgan fingerprint density at radius 1 is 1.00 bits per heavy atom. The number of aromatic nitrogens is 2. The van der Waals surface area contributed by atoms with Crippen molar-refractivity contribution in [1.29, 1.82) is 0 Å². The van der Waals surface area contributed by atoms with Crippen LogP contribution >= 0.6 is 0 Å². The van der Waals surface area contributed by atoms with Crippen molar-refractivity contribution in [3.63, 3.8) is 0 Å². The van der Waals surface area contributed by atoms with Gasteiger partial charge in [0.05, 0.1) is 0 Å². The van der Waals surface area contributed by atoms with Crippen LogP contribution < -0.4 is 4.90 Å². The Hall–Kier alpha value is -1.20. The fourth-order valence-electron chi connectivity index (χ4n) is 3.29. The summed E-state index contributed by atoms with van der Waals surface area (Å²) in [5.74, 6) is 1.78. The molecule has 2 fully saturated rings. The lowest BCUT2D eigenvalue weighted by Crippen LogP contribution is -2.49. The molecular formula is C16H27N5. The standard InChI is InChI=1S/C16H27N5/c1-14-11-17-16(18-12-14)21-9-7-20(8-10-21)13-15-3-5-19(2)6-4-15/h11-12,15H,3-10,13H2,1-2H3. The van der Waals surface area contributed by atoms with Crippen molar-refractivity contribution in [1.82, 2.24) is 19.8 Å². The lowest BCUT2D eigenvalue weighted by molar-refractivity contribution is 0.155. The summed E-state index contributed by atoms with van der Waals surface area (Å²) in [6.45, 7) is 10.2. The Bertz CT molecular complexity index is 430. The molecule has 2 saturated heterocycles. The maximum absolute atomic E-state index is 4.44. The number of rotatable bonds is 3. The molecule has 5 nitrogen and oxygen atoms in total. The molecule has 0 aliphatic carbocycles. The van der Waals surface area contributed by atoms with Gasteiger partial charge in [-0.05, 0) is 51.4 Å². The quantitative estimate of drug-likeness (QED) is 0.837. The van der Waals surface area contributed by atoms with E-state index in [9.17, 15) is 0 Å². The van der Waals surface area contributed by atoms with Gasteiger partial charge >= 0.3 is 0 Å². The maximum Gasteiger partial charge on any atom is 0.225 e. The maximum atomic E-state index is 4.44. The zero-order valence-corrected chi connectivity index (χ0v) is 13.3. The molecule has 3 rings (SSSR count). The molecule has 2 aliphatic heterocycles. The van der Waals surface area contributed by atoms with Crippen LogP contribution in [0.2, 0.25) is 0 Å². The van der Waals surface area contributed by atoms with Crippen molar-refractivity contribution in [3.05, 3.63) is 18.0 Å². The third-order valence-electron chi connectivity index (χ3n) is 4.78. The average Bonchev–Trinajstić information content (AvgIpc) is 2.51. The number of hydrogen-bond donors (Lipinski definition) is 0. The number of aryl methyl sites for hydroxylation is 1. The van der Waals surface area contributed by atoms with E-state index in [1.165, 1.54) is 32.5 Å². The summed E-state index contributed by atoms with van der Waals surface area (Å²) in [4.78, 5) is 16.3. The molecule has 0 saturated carbocycles. The number of piperazine rings is 1. The van der Waals surface area contributed by atoms with Gasteiger partial charge in [0.25, 0.3) is 0 Å². The van der Waals surface area contributed by atoms with Gasteiger partial charge < -0.3 is 9.80 Å². The highest BCUT2D eigenvalue weighted by Crippen LogP contribution is 2.19. The highest BCUT2D eigenvalue weighted by Gasteiger charge is 2.23. The van der Waals surface area contributed by atoms with Gasteiger partial charge in [-0.3, -0.25) is 4.90 Å². The van der Waals surface area contributed by atoms with Gasteiger partial charge in [0.2, 0.25) is 5.95 Å². The molecule has 1 aromatic rings. The van der Waals surface area contributed by atoms with E-state index >= 15 is 0 Å². The second-order valence-corrected chi connectivity index (χ2v) is 6.59. The van der Waals surface area contributed by atoms with Crippen LogP contribution in [-0.2, 0) is 0 Å². The first kappa shape index (κ1) is 14.7. The number of nitrogens with zero attached hydrogens (tertiary/aromatic N) is 5. The Labute approximate surface area is 128 Å². The van der Waals surface area contributed by atoms with Gasteiger partial charge in [0, 0.05) is 45.1 Å². The van der Waals surface area contributed by atoms with Crippen molar-refractivity contribution in [2.24, 2.45) is 5.92 Å². The van der Waals surface area contributed by atoms with Gasteiger partial charge in [-0.1, -0.05) is 0 Å². The molecule has 21 heavy (non-hydrogen) atoms. The average molecular weight is 289 g/mol. The fourth-order valence-corrected chi connectivity index (χ4v) is 3.29. The molecule has 1 aromatic heterocycles. The summed E-state index contributed by atoms with van der Waals surface area (Å²) < 4.78 is 0. The SMILES string of the molecule is Cc1cnc(N2CCN(CC3CCN(C)CC3)CC2)nc1. The van der Waals surface area contributed by atoms with Crippen LogP contribution in [0.15, 0.2) is 12.4 Å². The van der Waals surface area contributed by atoms with Gasteiger partial charge in [0.15, 0.2) is 0 Å². The van der Waals surface area contributed by atoms with Crippen molar-refractivity contribution in [3.8, 4) is 0 Å². The van der Waals surface area contributed by atoms with E-state index in [2.05, 4.69) is 31.7 Å². The Morgan fingerprint density at radius 3 is 2.24 bits per heavy atom. The first-order valence-electron chi connectivity index (χ1n) is 8.15. The molecule has 0 spiro atoms. The predicted octanol–water partition coefficient (Wildman–Crippen LogP) is 1.25. The molecule has 0 bridgehead atoms. The second kappa shape index (κ2) is 6.71. The minimum absolute atomic E-state index is 0.888. The number of piperidine rings is 1. The minimum Gasteiger partial charge on any atom is -0.338 e. The van der Waals surface area contributed by atoms with Gasteiger partial charge in [0.1, 0.15) is 0 Å². The summed E-state index contributed by atoms with van der Waals surface area (Å²) in [6.07, 6.45) is 6.54. The zero-order valence-electron chi connectivity index (χ0n) is 13.3. The topological polar surface area (TPSA) is 35.5 Å². The van der Waals surface area contributed by atoms with Crippen LogP contribution in [0, 0.1) is 12.8 Å². The van der Waals surface area contributed by atoms with E-state index < -0.39 is 0 Å². The van der Waals surface area contributed by atoms with E-state index in [1.807, 2.05) is 19.3 Å². The second-order valence-electron chi connectivity index (χ2n) is 6.59. The van der Waals surface area contributed by atoms with E-state index in [-0.39, 0.29) is 0 Å². The van der Waals surface area contributed by atoms with Crippen molar-refractivity contribution >= 4 is 5.95 Å². The third-order valence-corrected chi connectivity index (χ3v) is 4.78. The van der Waals surface area contributed by atoms with E-state index in [1.54, 1.807) is 0 Å². The first-order valence-corrected chi connectivity index (χ1v) is 8.15. The molecule has 5 heteroatoms. The smallest absolute Gasteiger partial charge is 0.225 e. The molecule has 0 atom stereocenters. The molecule has 0 amide bonds. The monoisotopic (exact) mass is 289 g/mol. The Balaban J connectivity index is 1.45. The third kappa shape index (κ3) is 3.92. The van der Waals surface area contributed by atoms with Crippen LogP contribution in [0.4, 0.5) is 5.95 Å². The lowest BCUT2D eigenvalue weighted by Gasteiger charge is -2.38. The minimum atomic E-state index is 0.888. The van der Waals surface area contributed by atoms with Crippen LogP contribution in [0.25, 0.3) is 0 Å². The highest BCUT2D eigenvalue weighted by molar-refractivity contribution is 5.30. The number of hydrogen-bond acceptors (Lipinski definition) is 5. The van der Waals surface area contributed by atoms with E-state index in [0.29, 0.717) is 0 Å². The van der Waals surface area contributed by atoms with Gasteiger partial charge in [-0.15, -0.1) is 0 Å². The molecule has 116 valence electrons. The van der Waals surface area contributed by atoms with Crippen LogP contribution in [0.1, 0.15) is 18.4 Å². The summed E-state index contributed by atoms with van der Waals surface area (Å²) >= 11 is 0. The number of likely N-dealkylation sites (tertiary alicyclic amines) is 1. The molecule has 0 radical (unpaired) electrons. The van der Waals surface area contributed by atoms with Crippen molar-refractivity contribution in [2.75, 3.05) is 57.8 Å². The highest BCUT2D eigenvalue weighted by atomic mass is 15.3. The van der Waals surface area contributed by atoms with Crippen LogP contribution in [-0.4, -0.2) is 72.6 Å². The number of anilines is 1. The summed E-state index contributed by atoms with van der Waals surface area (Å²) in [5, 5.41) is 0. The summed E-state index contributed by atoms with van der Waals surface area (Å²) in [5.41, 5.74) is 1.12. The van der Waals surface area contributed by atoms with Crippen molar-refractivity contribution in [2.45, 2.75) is 19.8 Å². The lowest BCUT2D eigenvalue weighted by atomic mass is 9.96. The largest absolute Gasteiger partial charge is 0.338 e. The molecule has 2 aliphatic rings. The fraction of sp³-hybridized carbons (Fsp3) is 0.750. The Morgan fingerprint density at radius 2 is 1.62 bits per heavy atom. The normalized spacial score (nSPS) is 22.7. The van der Waals surface area contributed by atoms with Crippen LogP contribution in [0.3, 0.4) is 0 Å². The van der Waals surface area contributed by atoms with Crippen LogP contribution in [0.5, 0.6) is 0 Å². The molecule has 0 aromatic carbocycles. The summed E-state index contributed by atoms with van der Waals surface area (Å²) in [7, 11) is 2.23. The molecule has 0 unspecified atom stereocenters. The molecule has 3 heterocycles. The predicted molar refractivity (Wildman–Crippen MR) is 85.6 cm³/mol. The van der Waals surface area contributed by atoms with Gasteiger partial charge in [-0.25, -0.2) is 9.97 Å². The van der Waals surface area contributed by atoms with Gasteiger partial charge in [-0.2, -0.15) is 0 Å². The molecule has 0 N–H and O–H groups in total. The van der Waals surface area contributed by atoms with E-state index in [0.717, 1.165) is 43.6 Å². The molecular weight excluding hydrogens is 262 g/mol. The van der Waals surface area contributed by atoms with Crippen molar-refractivity contribution < 1.29 is 0 Å². The summed E-state index contributed by atoms with van der Waals surface area (Å²) in [6, 6.07) is 0. The first-order chi connectivity index (χ1) is 10.2.